The highest BCUT2D eigenvalue weighted by molar-refractivity contribution is 7.99. The first-order valence-electron chi connectivity index (χ1n) is 2.43. The van der Waals surface area contributed by atoms with Crippen molar-refractivity contribution in [1.29, 1.82) is 0 Å². The molecule has 0 radical (unpaired) electrons. The van der Waals surface area contributed by atoms with Crippen molar-refractivity contribution in [2.24, 2.45) is 0 Å². The van der Waals surface area contributed by atoms with Gasteiger partial charge in [0.1, 0.15) is 0 Å². The fourth-order valence-corrected chi connectivity index (χ4v) is 1.26. The van der Waals surface area contributed by atoms with E-state index in [1.165, 1.54) is 0 Å². The molecule has 0 amide bonds. The molecule has 4 heteroatoms. The van der Waals surface area contributed by atoms with Crippen LogP contribution in [0.2, 0.25) is 0 Å². The highest BCUT2D eigenvalue weighted by Gasteiger charge is 2.13. The molecule has 0 aliphatic carbocycles. The van der Waals surface area contributed by atoms with Gasteiger partial charge in [-0.05, 0) is 0 Å². The van der Waals surface area contributed by atoms with Crippen molar-refractivity contribution in [3.63, 3.8) is 0 Å². The fourth-order valence-electron chi connectivity index (χ4n) is 0.527. The predicted molar refractivity (Wildman–Crippen MR) is 30.8 cm³/mol. The van der Waals surface area contributed by atoms with Crippen LogP contribution in [0.5, 0.6) is 0 Å². The molecule has 0 saturated carbocycles. The lowest BCUT2D eigenvalue weighted by molar-refractivity contribution is -0.262. The zero-order chi connectivity index (χ0) is 5.82. The first kappa shape index (κ1) is 6.35. The molecule has 0 bridgehead atoms. The monoisotopic (exact) mass is 136 g/mol. The molecule has 1 atom stereocenters. The standard InChI is InChI=1S/C4H8O3S/c5-7-4-3-6-1-2-8-4/h4-5H,1-3H2. The van der Waals surface area contributed by atoms with Crippen molar-refractivity contribution in [3.8, 4) is 0 Å². The summed E-state index contributed by atoms with van der Waals surface area (Å²) in [5, 5.41) is 8.09. The summed E-state index contributed by atoms with van der Waals surface area (Å²) in [5.74, 6) is 0.908. The second-order valence-electron chi connectivity index (χ2n) is 1.48. The summed E-state index contributed by atoms with van der Waals surface area (Å²) >= 11 is 1.57. The lowest BCUT2D eigenvalue weighted by Gasteiger charge is -2.17. The molecular weight excluding hydrogens is 128 g/mol. The molecule has 8 heavy (non-hydrogen) atoms. The molecule has 0 aromatic rings. The molecule has 1 aliphatic heterocycles. The quantitative estimate of drug-likeness (QED) is 0.422. The number of ether oxygens (including phenoxy) is 1. The maximum atomic E-state index is 8.09. The molecule has 0 aromatic carbocycles. The van der Waals surface area contributed by atoms with E-state index in [2.05, 4.69) is 4.89 Å². The third-order valence-electron chi connectivity index (χ3n) is 0.903. The van der Waals surface area contributed by atoms with Crippen molar-refractivity contribution in [1.82, 2.24) is 0 Å². The van der Waals surface area contributed by atoms with Gasteiger partial charge in [0, 0.05) is 5.75 Å². The van der Waals surface area contributed by atoms with Crippen LogP contribution in [0.15, 0.2) is 0 Å². The molecule has 3 nitrogen and oxygen atoms in total. The van der Waals surface area contributed by atoms with Gasteiger partial charge in [-0.15, -0.1) is 11.8 Å². The van der Waals surface area contributed by atoms with Gasteiger partial charge in [-0.2, -0.15) is 0 Å². The zero-order valence-electron chi connectivity index (χ0n) is 4.37. The second-order valence-corrected chi connectivity index (χ2v) is 2.75. The molecule has 1 rings (SSSR count). The average Bonchev–Trinajstić information content (AvgIpc) is 1.90. The summed E-state index contributed by atoms with van der Waals surface area (Å²) in [6.07, 6.45) is 0. The summed E-state index contributed by atoms with van der Waals surface area (Å²) in [6.45, 7) is 1.27. The van der Waals surface area contributed by atoms with Gasteiger partial charge in [-0.1, -0.05) is 0 Å². The molecule has 0 spiro atoms. The van der Waals surface area contributed by atoms with Crippen LogP contribution in [-0.4, -0.2) is 29.7 Å². The van der Waals surface area contributed by atoms with Gasteiger partial charge in [0.25, 0.3) is 0 Å². The number of hydrogen-bond donors (Lipinski definition) is 1. The van der Waals surface area contributed by atoms with Gasteiger partial charge in [0.15, 0.2) is 5.44 Å². The minimum Gasteiger partial charge on any atom is -0.377 e. The van der Waals surface area contributed by atoms with Crippen LogP contribution < -0.4 is 0 Å². The van der Waals surface area contributed by atoms with E-state index in [1.54, 1.807) is 11.8 Å². The van der Waals surface area contributed by atoms with Crippen LogP contribution in [0.3, 0.4) is 0 Å². The zero-order valence-corrected chi connectivity index (χ0v) is 5.19. The lowest BCUT2D eigenvalue weighted by Crippen LogP contribution is -2.21. The van der Waals surface area contributed by atoms with Crippen LogP contribution in [0.25, 0.3) is 0 Å². The van der Waals surface area contributed by atoms with Crippen LogP contribution in [0.4, 0.5) is 0 Å². The van der Waals surface area contributed by atoms with Gasteiger partial charge in [0.05, 0.1) is 13.2 Å². The Morgan fingerprint density at radius 1 is 1.75 bits per heavy atom. The van der Waals surface area contributed by atoms with E-state index in [0.717, 1.165) is 12.4 Å². The lowest BCUT2D eigenvalue weighted by atomic mass is 10.7. The van der Waals surface area contributed by atoms with Crippen LogP contribution in [0, 0.1) is 0 Å². The molecule has 1 unspecified atom stereocenters. The molecular formula is C4H8O3S. The van der Waals surface area contributed by atoms with Crippen molar-refractivity contribution >= 4 is 11.8 Å². The molecule has 1 N–H and O–H groups in total. The summed E-state index contributed by atoms with van der Waals surface area (Å²) in [4.78, 5) is 4.03. The highest BCUT2D eigenvalue weighted by Crippen LogP contribution is 2.15. The average molecular weight is 136 g/mol. The minimum atomic E-state index is -0.163. The number of thioether (sulfide) groups is 1. The van der Waals surface area contributed by atoms with Crippen molar-refractivity contribution in [3.05, 3.63) is 0 Å². The molecule has 48 valence electrons. The Balaban J connectivity index is 2.13. The first-order chi connectivity index (χ1) is 3.93. The van der Waals surface area contributed by atoms with E-state index >= 15 is 0 Å². The molecule has 0 aromatic heterocycles. The van der Waals surface area contributed by atoms with E-state index in [9.17, 15) is 0 Å². The van der Waals surface area contributed by atoms with Gasteiger partial charge < -0.3 is 4.74 Å². The predicted octanol–water partition coefficient (Wildman–Crippen LogP) is 0.565. The third-order valence-corrected chi connectivity index (χ3v) is 1.90. The van der Waals surface area contributed by atoms with Crippen molar-refractivity contribution in [2.75, 3.05) is 19.0 Å². The van der Waals surface area contributed by atoms with E-state index in [-0.39, 0.29) is 5.44 Å². The Bertz CT molecular complexity index is 62.3. The van der Waals surface area contributed by atoms with Gasteiger partial charge in [-0.25, -0.2) is 4.89 Å². The normalized spacial score (nSPS) is 30.4. The van der Waals surface area contributed by atoms with Crippen molar-refractivity contribution < 1.29 is 14.9 Å². The van der Waals surface area contributed by atoms with Crippen LogP contribution in [-0.2, 0) is 9.62 Å². The summed E-state index contributed by atoms with van der Waals surface area (Å²) in [7, 11) is 0. The van der Waals surface area contributed by atoms with E-state index in [1.807, 2.05) is 0 Å². The maximum Gasteiger partial charge on any atom is 0.161 e. The van der Waals surface area contributed by atoms with Crippen molar-refractivity contribution in [2.45, 2.75) is 5.44 Å². The first-order valence-corrected chi connectivity index (χ1v) is 3.48. The van der Waals surface area contributed by atoms with Crippen LogP contribution in [0.1, 0.15) is 0 Å². The van der Waals surface area contributed by atoms with E-state index in [4.69, 9.17) is 9.99 Å². The SMILES string of the molecule is OOC1COCCS1. The van der Waals surface area contributed by atoms with E-state index in [0.29, 0.717) is 6.61 Å². The smallest absolute Gasteiger partial charge is 0.161 e. The number of rotatable bonds is 1. The Morgan fingerprint density at radius 3 is 3.00 bits per heavy atom. The summed E-state index contributed by atoms with van der Waals surface area (Å²) in [5.41, 5.74) is -0.163. The van der Waals surface area contributed by atoms with Gasteiger partial charge in [-0.3, -0.25) is 5.26 Å². The fraction of sp³-hybridized carbons (Fsp3) is 1.00. The Kier molecular flexibility index (Phi) is 2.62. The summed E-state index contributed by atoms with van der Waals surface area (Å²) in [6, 6.07) is 0. The number of hydrogen-bond acceptors (Lipinski definition) is 4. The van der Waals surface area contributed by atoms with Gasteiger partial charge in [0.2, 0.25) is 0 Å². The molecule has 1 heterocycles. The largest absolute Gasteiger partial charge is 0.377 e. The minimum absolute atomic E-state index is 0.163. The molecule has 1 aliphatic rings. The van der Waals surface area contributed by atoms with Gasteiger partial charge >= 0.3 is 0 Å². The molecule has 1 fully saturated rings. The Labute approximate surface area is 51.9 Å². The topological polar surface area (TPSA) is 38.7 Å². The molecule has 1 saturated heterocycles. The Hall–Kier alpha value is 0.230. The third kappa shape index (κ3) is 1.63. The Morgan fingerprint density at radius 2 is 2.62 bits per heavy atom. The van der Waals surface area contributed by atoms with E-state index < -0.39 is 0 Å². The highest BCUT2D eigenvalue weighted by atomic mass is 32.2. The maximum absolute atomic E-state index is 8.09. The van der Waals surface area contributed by atoms with Crippen LogP contribution >= 0.6 is 11.8 Å². The second kappa shape index (κ2) is 3.29. The summed E-state index contributed by atoms with van der Waals surface area (Å²) < 4.78 is 4.97.